The Hall–Kier alpha value is -0.0800. The first-order chi connectivity index (χ1) is 5.89. The van der Waals surface area contributed by atoms with Crippen LogP contribution >= 0.6 is 0 Å². The van der Waals surface area contributed by atoms with Crippen molar-refractivity contribution in [2.24, 2.45) is 11.3 Å². The van der Waals surface area contributed by atoms with Crippen LogP contribution in [-0.4, -0.2) is 25.8 Å². The Kier molecular flexibility index (Phi) is 1.50. The van der Waals surface area contributed by atoms with Crippen LogP contribution in [0.5, 0.6) is 0 Å². The third-order valence-electron chi connectivity index (χ3n) is 4.07. The lowest BCUT2D eigenvalue weighted by molar-refractivity contribution is -0.0253. The highest BCUT2D eigenvalue weighted by atomic mass is 16.5. The van der Waals surface area contributed by atoms with E-state index in [-0.39, 0.29) is 0 Å². The van der Waals surface area contributed by atoms with E-state index in [1.807, 2.05) is 0 Å². The minimum Gasteiger partial charge on any atom is -0.381 e. The molecule has 1 unspecified atom stereocenters. The summed E-state index contributed by atoms with van der Waals surface area (Å²) in [5.41, 5.74) is 0.672. The van der Waals surface area contributed by atoms with Crippen LogP contribution in [0.15, 0.2) is 0 Å². The van der Waals surface area contributed by atoms with Crippen molar-refractivity contribution in [3.8, 4) is 0 Å². The molecule has 1 aliphatic carbocycles. The molecule has 1 N–H and O–H groups in total. The lowest BCUT2D eigenvalue weighted by atomic mass is 9.61. The molecule has 2 bridgehead atoms. The zero-order valence-electron chi connectivity index (χ0n) is 7.51. The summed E-state index contributed by atoms with van der Waals surface area (Å²) in [6, 6.07) is 0.868. The first-order valence-electron chi connectivity index (χ1n) is 5.20. The molecule has 0 aromatic rings. The maximum Gasteiger partial charge on any atom is 0.0500 e. The Morgan fingerprint density at radius 1 is 1.33 bits per heavy atom. The Bertz CT molecular complexity index is 175. The van der Waals surface area contributed by atoms with Gasteiger partial charge in [-0.05, 0) is 37.0 Å². The molecule has 0 spiro atoms. The van der Waals surface area contributed by atoms with Gasteiger partial charge in [-0.3, -0.25) is 0 Å². The highest BCUT2D eigenvalue weighted by Gasteiger charge is 2.54. The molecule has 2 nitrogen and oxygen atoms in total. The highest BCUT2D eigenvalue weighted by molar-refractivity contribution is 5.09. The van der Waals surface area contributed by atoms with Crippen molar-refractivity contribution in [3.63, 3.8) is 0 Å². The second-order valence-electron chi connectivity index (χ2n) is 4.76. The summed E-state index contributed by atoms with van der Waals surface area (Å²) in [5, 5.41) is 3.58. The largest absolute Gasteiger partial charge is 0.381 e. The molecule has 12 heavy (non-hydrogen) atoms. The van der Waals surface area contributed by atoms with E-state index in [0.29, 0.717) is 5.41 Å². The fourth-order valence-corrected chi connectivity index (χ4v) is 3.26. The van der Waals surface area contributed by atoms with E-state index in [4.69, 9.17) is 4.74 Å². The van der Waals surface area contributed by atoms with Gasteiger partial charge < -0.3 is 10.1 Å². The van der Waals surface area contributed by atoms with Crippen LogP contribution in [0.3, 0.4) is 0 Å². The van der Waals surface area contributed by atoms with Crippen LogP contribution < -0.4 is 5.32 Å². The highest BCUT2D eigenvalue weighted by Crippen LogP contribution is 2.53. The van der Waals surface area contributed by atoms with E-state index in [1.54, 1.807) is 0 Å². The fourth-order valence-electron chi connectivity index (χ4n) is 3.26. The number of hydrogen-bond acceptors (Lipinski definition) is 2. The summed E-state index contributed by atoms with van der Waals surface area (Å²) in [7, 11) is 0. The van der Waals surface area contributed by atoms with Crippen LogP contribution in [0, 0.1) is 11.3 Å². The molecule has 1 saturated carbocycles. The maximum absolute atomic E-state index is 5.56. The Labute approximate surface area is 73.7 Å². The van der Waals surface area contributed by atoms with Crippen molar-refractivity contribution in [2.45, 2.75) is 31.7 Å². The molecule has 3 saturated heterocycles. The SMILES string of the molecule is C1COCC(C23CNC(C2)C3)C1. The molecule has 3 aliphatic heterocycles. The minimum atomic E-state index is 0.672. The monoisotopic (exact) mass is 167 g/mol. The van der Waals surface area contributed by atoms with Gasteiger partial charge >= 0.3 is 0 Å². The van der Waals surface area contributed by atoms with E-state index in [1.165, 1.54) is 32.2 Å². The van der Waals surface area contributed by atoms with Crippen LogP contribution in [-0.2, 0) is 4.74 Å². The molecule has 0 aromatic heterocycles. The first kappa shape index (κ1) is 7.34. The average molecular weight is 167 g/mol. The van der Waals surface area contributed by atoms with Gasteiger partial charge in [-0.25, -0.2) is 0 Å². The van der Waals surface area contributed by atoms with Crippen molar-refractivity contribution >= 4 is 0 Å². The quantitative estimate of drug-likeness (QED) is 0.633. The van der Waals surface area contributed by atoms with Gasteiger partial charge in [0.1, 0.15) is 0 Å². The van der Waals surface area contributed by atoms with E-state index in [9.17, 15) is 0 Å². The van der Waals surface area contributed by atoms with Crippen molar-refractivity contribution in [1.29, 1.82) is 0 Å². The van der Waals surface area contributed by atoms with Gasteiger partial charge in [-0.2, -0.15) is 0 Å². The fraction of sp³-hybridized carbons (Fsp3) is 1.00. The molecule has 0 amide bonds. The number of hydrogen-bond donors (Lipinski definition) is 1. The summed E-state index contributed by atoms with van der Waals surface area (Å²) in [6.45, 7) is 3.31. The third kappa shape index (κ3) is 0.882. The number of ether oxygens (including phenoxy) is 1. The van der Waals surface area contributed by atoms with Crippen LogP contribution in [0.25, 0.3) is 0 Å². The van der Waals surface area contributed by atoms with E-state index in [0.717, 1.165) is 25.2 Å². The topological polar surface area (TPSA) is 21.3 Å². The van der Waals surface area contributed by atoms with E-state index in [2.05, 4.69) is 5.32 Å². The lowest BCUT2D eigenvalue weighted by Gasteiger charge is -2.45. The van der Waals surface area contributed by atoms with Crippen LogP contribution in [0.2, 0.25) is 0 Å². The standard InChI is InChI=1S/C10H17NO/c1-2-8(6-12-3-1)10-4-9(5-10)11-7-10/h8-9,11H,1-7H2. The van der Waals surface area contributed by atoms with Crippen molar-refractivity contribution in [1.82, 2.24) is 5.32 Å². The molecule has 1 atom stereocenters. The normalized spacial score (nSPS) is 52.0. The summed E-state index contributed by atoms with van der Waals surface area (Å²) in [4.78, 5) is 0. The van der Waals surface area contributed by atoms with Crippen LogP contribution in [0.4, 0.5) is 0 Å². The molecule has 4 fully saturated rings. The predicted octanol–water partition coefficient (Wildman–Crippen LogP) is 1.16. The molecule has 4 aliphatic rings. The molecule has 68 valence electrons. The Morgan fingerprint density at radius 2 is 2.25 bits per heavy atom. The second kappa shape index (κ2) is 2.46. The number of nitrogens with one attached hydrogen (secondary N) is 1. The number of rotatable bonds is 1. The molecule has 2 heteroatoms. The Morgan fingerprint density at radius 3 is 2.83 bits per heavy atom. The number of fused-ring (bicyclic) bond motifs is 1. The first-order valence-corrected chi connectivity index (χ1v) is 5.20. The van der Waals surface area contributed by atoms with Gasteiger partial charge in [0.05, 0.1) is 0 Å². The molecular weight excluding hydrogens is 150 g/mol. The smallest absolute Gasteiger partial charge is 0.0500 e. The molecule has 4 rings (SSSR count). The summed E-state index contributed by atoms with van der Waals surface area (Å²) in [6.07, 6.45) is 5.56. The summed E-state index contributed by atoms with van der Waals surface area (Å²) >= 11 is 0. The van der Waals surface area contributed by atoms with Gasteiger partial charge in [0.2, 0.25) is 0 Å². The van der Waals surface area contributed by atoms with Gasteiger partial charge in [0, 0.05) is 25.8 Å². The zero-order valence-corrected chi connectivity index (χ0v) is 7.51. The maximum atomic E-state index is 5.56. The molecule has 0 aromatic carbocycles. The molecular formula is C10H17NO. The second-order valence-corrected chi connectivity index (χ2v) is 4.76. The van der Waals surface area contributed by atoms with Gasteiger partial charge in [-0.15, -0.1) is 0 Å². The Balaban J connectivity index is 1.71. The van der Waals surface area contributed by atoms with Crippen molar-refractivity contribution in [2.75, 3.05) is 19.8 Å². The van der Waals surface area contributed by atoms with Crippen LogP contribution in [0.1, 0.15) is 25.7 Å². The summed E-state index contributed by atoms with van der Waals surface area (Å²) in [5.74, 6) is 0.873. The van der Waals surface area contributed by atoms with Crippen molar-refractivity contribution < 1.29 is 4.74 Å². The van der Waals surface area contributed by atoms with E-state index >= 15 is 0 Å². The van der Waals surface area contributed by atoms with Crippen molar-refractivity contribution in [3.05, 3.63) is 0 Å². The lowest BCUT2D eigenvalue weighted by Crippen LogP contribution is -2.43. The molecule has 0 radical (unpaired) electrons. The van der Waals surface area contributed by atoms with E-state index < -0.39 is 0 Å². The predicted molar refractivity (Wildman–Crippen MR) is 47.0 cm³/mol. The minimum absolute atomic E-state index is 0.672. The molecule has 3 heterocycles. The summed E-state index contributed by atoms with van der Waals surface area (Å²) < 4.78 is 5.56. The van der Waals surface area contributed by atoms with Gasteiger partial charge in [0.15, 0.2) is 0 Å². The average Bonchev–Trinajstić information content (AvgIpc) is 2.63. The van der Waals surface area contributed by atoms with Gasteiger partial charge in [-0.1, -0.05) is 0 Å². The van der Waals surface area contributed by atoms with Gasteiger partial charge in [0.25, 0.3) is 0 Å². The zero-order chi connectivity index (χ0) is 8.02. The third-order valence-corrected chi connectivity index (χ3v) is 4.07.